The SMILES string of the molecule is CC[C@@H]1CCCCN1C(=O)CN(C)S(=O)(=O)c1ccc(C(C)=O)cc1. The molecule has 0 N–H and O–H groups in total. The average molecular weight is 366 g/mol. The van der Waals surface area contributed by atoms with E-state index in [1.807, 2.05) is 11.8 Å². The first-order chi connectivity index (χ1) is 11.8. The van der Waals surface area contributed by atoms with Gasteiger partial charge < -0.3 is 4.90 Å². The van der Waals surface area contributed by atoms with E-state index in [9.17, 15) is 18.0 Å². The topological polar surface area (TPSA) is 74.8 Å². The number of carbonyl (C=O) groups is 2. The molecule has 0 bridgehead atoms. The highest BCUT2D eigenvalue weighted by Gasteiger charge is 2.29. The number of hydrogen-bond acceptors (Lipinski definition) is 4. The normalized spacial score (nSPS) is 18.4. The van der Waals surface area contributed by atoms with E-state index in [1.54, 1.807) is 0 Å². The maximum absolute atomic E-state index is 12.7. The second kappa shape index (κ2) is 8.10. The number of likely N-dealkylation sites (N-methyl/N-ethyl adjacent to an activating group) is 1. The summed E-state index contributed by atoms with van der Waals surface area (Å²) in [6, 6.07) is 5.99. The first-order valence-electron chi connectivity index (χ1n) is 8.64. The summed E-state index contributed by atoms with van der Waals surface area (Å²) in [5.74, 6) is -0.277. The maximum Gasteiger partial charge on any atom is 0.243 e. The van der Waals surface area contributed by atoms with Crippen molar-refractivity contribution in [1.29, 1.82) is 0 Å². The lowest BCUT2D eigenvalue weighted by atomic mass is 10.00. The Labute approximate surface area is 149 Å². The van der Waals surface area contributed by atoms with Crippen LogP contribution in [0.25, 0.3) is 0 Å². The first kappa shape index (κ1) is 19.6. The minimum atomic E-state index is -3.76. The maximum atomic E-state index is 12.7. The largest absolute Gasteiger partial charge is 0.339 e. The van der Waals surface area contributed by atoms with Gasteiger partial charge in [-0.1, -0.05) is 19.1 Å². The van der Waals surface area contributed by atoms with Crippen molar-refractivity contribution in [2.75, 3.05) is 20.1 Å². The Hall–Kier alpha value is -1.73. The number of ketones is 1. The molecule has 138 valence electrons. The molecule has 1 heterocycles. The number of hydrogen-bond donors (Lipinski definition) is 0. The van der Waals surface area contributed by atoms with Crippen LogP contribution in [-0.2, 0) is 14.8 Å². The van der Waals surface area contributed by atoms with Crippen molar-refractivity contribution in [3.05, 3.63) is 29.8 Å². The number of piperidine rings is 1. The lowest BCUT2D eigenvalue weighted by Crippen LogP contribution is -2.48. The minimum absolute atomic E-state index is 0.0819. The molecule has 2 rings (SSSR count). The molecular weight excluding hydrogens is 340 g/mol. The number of carbonyl (C=O) groups excluding carboxylic acids is 2. The molecule has 0 saturated carbocycles. The van der Waals surface area contributed by atoms with E-state index in [1.165, 1.54) is 38.2 Å². The Balaban J connectivity index is 2.11. The van der Waals surface area contributed by atoms with Gasteiger partial charge in [0, 0.05) is 25.2 Å². The Morgan fingerprint density at radius 2 is 1.84 bits per heavy atom. The van der Waals surface area contributed by atoms with Crippen molar-refractivity contribution in [2.24, 2.45) is 0 Å². The lowest BCUT2D eigenvalue weighted by molar-refractivity contribution is -0.134. The molecule has 1 aromatic rings. The third kappa shape index (κ3) is 4.46. The van der Waals surface area contributed by atoms with Crippen molar-refractivity contribution < 1.29 is 18.0 Å². The van der Waals surface area contributed by atoms with E-state index in [0.29, 0.717) is 12.1 Å². The third-order valence-corrected chi connectivity index (χ3v) is 6.56. The standard InChI is InChI=1S/C18H26N2O4S/c1-4-16-7-5-6-12-20(16)18(22)13-19(3)25(23,24)17-10-8-15(9-11-17)14(2)21/h8-11,16H,4-7,12-13H2,1-3H3/t16-/m1/s1. The molecule has 1 fully saturated rings. The monoisotopic (exact) mass is 366 g/mol. The van der Waals surface area contributed by atoms with Crippen molar-refractivity contribution >= 4 is 21.7 Å². The van der Waals surface area contributed by atoms with Crippen molar-refractivity contribution in [1.82, 2.24) is 9.21 Å². The predicted molar refractivity (Wildman–Crippen MR) is 95.9 cm³/mol. The molecule has 1 aliphatic rings. The fourth-order valence-corrected chi connectivity index (χ4v) is 4.28. The van der Waals surface area contributed by atoms with Gasteiger partial charge in [-0.15, -0.1) is 0 Å². The fourth-order valence-electron chi connectivity index (χ4n) is 3.16. The van der Waals surface area contributed by atoms with Crippen LogP contribution in [-0.4, -0.2) is 55.5 Å². The molecule has 6 nitrogen and oxygen atoms in total. The van der Waals surface area contributed by atoms with E-state index < -0.39 is 10.0 Å². The van der Waals surface area contributed by atoms with Gasteiger partial charge in [0.25, 0.3) is 0 Å². The Morgan fingerprint density at radius 1 is 1.20 bits per heavy atom. The van der Waals surface area contributed by atoms with Gasteiger partial charge >= 0.3 is 0 Å². The number of Topliss-reactive ketones (excluding diaryl/α,β-unsaturated/α-hetero) is 1. The molecule has 0 unspecified atom stereocenters. The Morgan fingerprint density at radius 3 is 2.40 bits per heavy atom. The highest BCUT2D eigenvalue weighted by atomic mass is 32.2. The van der Waals surface area contributed by atoms with E-state index >= 15 is 0 Å². The summed E-state index contributed by atoms with van der Waals surface area (Å²) in [6.07, 6.45) is 3.93. The second-order valence-corrected chi connectivity index (χ2v) is 8.53. The van der Waals surface area contributed by atoms with Crippen molar-refractivity contribution in [2.45, 2.75) is 50.5 Å². The highest BCUT2D eigenvalue weighted by Crippen LogP contribution is 2.21. The molecule has 1 saturated heterocycles. The molecule has 0 aromatic heterocycles. The number of likely N-dealkylation sites (tertiary alicyclic amines) is 1. The van der Waals surface area contributed by atoms with Crippen LogP contribution >= 0.6 is 0 Å². The molecule has 1 amide bonds. The molecule has 1 aromatic carbocycles. The highest BCUT2D eigenvalue weighted by molar-refractivity contribution is 7.89. The van der Waals surface area contributed by atoms with Crippen LogP contribution in [0.15, 0.2) is 29.2 Å². The number of amides is 1. The molecule has 1 aliphatic heterocycles. The van der Waals surface area contributed by atoms with Gasteiger partial charge in [-0.05, 0) is 44.7 Å². The van der Waals surface area contributed by atoms with E-state index in [-0.39, 0.29) is 29.2 Å². The molecule has 25 heavy (non-hydrogen) atoms. The third-order valence-electron chi connectivity index (χ3n) is 4.75. The van der Waals surface area contributed by atoms with Crippen LogP contribution in [0.5, 0.6) is 0 Å². The molecule has 7 heteroatoms. The summed E-state index contributed by atoms with van der Waals surface area (Å²) in [7, 11) is -2.35. The van der Waals surface area contributed by atoms with Gasteiger partial charge in [0.1, 0.15) is 0 Å². The summed E-state index contributed by atoms with van der Waals surface area (Å²) in [5, 5.41) is 0. The minimum Gasteiger partial charge on any atom is -0.339 e. The smallest absolute Gasteiger partial charge is 0.243 e. The van der Waals surface area contributed by atoms with E-state index in [2.05, 4.69) is 0 Å². The van der Waals surface area contributed by atoms with Gasteiger partial charge in [0.2, 0.25) is 15.9 Å². The van der Waals surface area contributed by atoms with E-state index in [0.717, 1.165) is 30.0 Å². The zero-order valence-electron chi connectivity index (χ0n) is 15.1. The van der Waals surface area contributed by atoms with Gasteiger partial charge in [-0.3, -0.25) is 9.59 Å². The summed E-state index contributed by atoms with van der Waals surface area (Å²) >= 11 is 0. The first-order valence-corrected chi connectivity index (χ1v) is 10.1. The summed E-state index contributed by atoms with van der Waals surface area (Å²) in [4.78, 5) is 25.8. The van der Waals surface area contributed by atoms with Gasteiger partial charge in [-0.2, -0.15) is 4.31 Å². The molecule has 0 spiro atoms. The van der Waals surface area contributed by atoms with Gasteiger partial charge in [-0.25, -0.2) is 8.42 Å². The van der Waals surface area contributed by atoms with E-state index in [4.69, 9.17) is 0 Å². The molecule has 0 radical (unpaired) electrons. The number of rotatable bonds is 6. The summed E-state index contributed by atoms with van der Waals surface area (Å²) in [5.41, 5.74) is 0.455. The van der Waals surface area contributed by atoms with Crippen LogP contribution in [0.2, 0.25) is 0 Å². The van der Waals surface area contributed by atoms with Crippen molar-refractivity contribution in [3.8, 4) is 0 Å². The quantitative estimate of drug-likeness (QED) is 0.724. The summed E-state index contributed by atoms with van der Waals surface area (Å²) < 4.78 is 26.4. The Kier molecular flexibility index (Phi) is 6.35. The van der Waals surface area contributed by atoms with Crippen molar-refractivity contribution in [3.63, 3.8) is 0 Å². The zero-order chi connectivity index (χ0) is 18.6. The van der Waals surface area contributed by atoms with Gasteiger partial charge in [0.15, 0.2) is 5.78 Å². The number of sulfonamides is 1. The lowest BCUT2D eigenvalue weighted by Gasteiger charge is -2.36. The molecule has 0 aliphatic carbocycles. The average Bonchev–Trinajstić information content (AvgIpc) is 2.61. The fraction of sp³-hybridized carbons (Fsp3) is 0.556. The van der Waals surface area contributed by atoms with Crippen LogP contribution < -0.4 is 0 Å². The van der Waals surface area contributed by atoms with Gasteiger partial charge in [0.05, 0.1) is 11.4 Å². The molecular formula is C18H26N2O4S. The molecule has 1 atom stereocenters. The van der Waals surface area contributed by atoms with Crippen LogP contribution in [0.1, 0.15) is 49.9 Å². The zero-order valence-corrected chi connectivity index (χ0v) is 15.9. The Bertz CT molecular complexity index is 728. The second-order valence-electron chi connectivity index (χ2n) is 6.49. The number of benzene rings is 1. The van der Waals surface area contributed by atoms with Crippen LogP contribution in [0.3, 0.4) is 0 Å². The predicted octanol–water partition coefficient (Wildman–Crippen LogP) is 2.30. The summed E-state index contributed by atoms with van der Waals surface area (Å²) in [6.45, 7) is 4.00. The number of nitrogens with zero attached hydrogens (tertiary/aromatic N) is 2. The van der Waals surface area contributed by atoms with Crippen LogP contribution in [0, 0.1) is 0 Å². The van der Waals surface area contributed by atoms with Crippen LogP contribution in [0.4, 0.5) is 0 Å².